The largest absolute Gasteiger partial charge is 0.426 e. The highest BCUT2D eigenvalue weighted by atomic mass is 35.5. The monoisotopic (exact) mass is 408 g/mol. The Balaban J connectivity index is 2.13. The molecular formula is C19H18Cl2N2O4. The average Bonchev–Trinajstić information content (AvgIpc) is 3.38. The second kappa shape index (κ2) is 6.83. The van der Waals surface area contributed by atoms with Gasteiger partial charge < -0.3 is 14.4 Å². The van der Waals surface area contributed by atoms with E-state index in [1.165, 1.54) is 18.1 Å². The van der Waals surface area contributed by atoms with Crippen LogP contribution in [0.15, 0.2) is 24.0 Å². The van der Waals surface area contributed by atoms with Gasteiger partial charge in [0.25, 0.3) is 5.91 Å². The van der Waals surface area contributed by atoms with Crippen molar-refractivity contribution in [1.82, 2.24) is 4.90 Å². The van der Waals surface area contributed by atoms with Crippen molar-refractivity contribution in [3.8, 4) is 6.07 Å². The molecule has 27 heavy (non-hydrogen) atoms. The highest BCUT2D eigenvalue weighted by Gasteiger charge is 2.55. The normalized spacial score (nSPS) is 19.9. The zero-order valence-corrected chi connectivity index (χ0v) is 16.6. The molecule has 1 heterocycles. The second-order valence-corrected chi connectivity index (χ2v) is 7.97. The van der Waals surface area contributed by atoms with E-state index < -0.39 is 16.9 Å². The third-order valence-corrected chi connectivity index (χ3v) is 5.47. The molecule has 0 radical (unpaired) electrons. The number of carbonyl (C=O) groups is 2. The first-order valence-electron chi connectivity index (χ1n) is 8.32. The van der Waals surface area contributed by atoms with Crippen molar-refractivity contribution < 1.29 is 19.1 Å². The molecule has 0 unspecified atom stereocenters. The van der Waals surface area contributed by atoms with Gasteiger partial charge in [-0.2, -0.15) is 5.26 Å². The van der Waals surface area contributed by atoms with Crippen LogP contribution in [0, 0.1) is 16.7 Å². The Hall–Kier alpha value is -2.07. The van der Waals surface area contributed by atoms with Gasteiger partial charge in [0.1, 0.15) is 12.5 Å². The number of hydrogen-bond donors (Lipinski definition) is 0. The molecule has 0 atom stereocenters. The molecule has 1 aliphatic heterocycles. The average molecular weight is 409 g/mol. The van der Waals surface area contributed by atoms with Gasteiger partial charge >= 0.3 is 5.97 Å². The summed E-state index contributed by atoms with van der Waals surface area (Å²) in [4.78, 5) is 27.2. The van der Waals surface area contributed by atoms with E-state index in [9.17, 15) is 14.9 Å². The standard InChI is InChI=1S/C19H18Cl2N2O4/c1-18(2)15(27-17(25)19(9-22)6-7-19)14(16(24)23(18)10-26-3)12-5-4-11(20)8-13(12)21/h4-5,8H,6-7,10H2,1-3H3. The van der Waals surface area contributed by atoms with Crippen molar-refractivity contribution in [2.24, 2.45) is 5.41 Å². The van der Waals surface area contributed by atoms with Crippen molar-refractivity contribution in [3.05, 3.63) is 39.6 Å². The maximum Gasteiger partial charge on any atom is 0.331 e. The predicted molar refractivity (Wildman–Crippen MR) is 99.6 cm³/mol. The molecule has 1 aromatic rings. The lowest BCUT2D eigenvalue weighted by Gasteiger charge is -2.32. The van der Waals surface area contributed by atoms with E-state index in [1.54, 1.807) is 26.0 Å². The van der Waals surface area contributed by atoms with Crippen LogP contribution >= 0.6 is 23.2 Å². The number of benzene rings is 1. The van der Waals surface area contributed by atoms with E-state index in [0.29, 0.717) is 23.4 Å². The Labute approximate surface area is 167 Å². The fourth-order valence-electron chi connectivity index (χ4n) is 3.05. The SMILES string of the molecule is COCN1C(=O)C(c2ccc(Cl)cc2Cl)=C(OC(=O)C2(C#N)CC2)C1(C)C. The molecule has 0 N–H and O–H groups in total. The number of amides is 1. The van der Waals surface area contributed by atoms with Crippen LogP contribution in [0.5, 0.6) is 0 Å². The van der Waals surface area contributed by atoms with Crippen LogP contribution in [-0.2, 0) is 19.1 Å². The summed E-state index contributed by atoms with van der Waals surface area (Å²) in [6.45, 7) is 3.50. The summed E-state index contributed by atoms with van der Waals surface area (Å²) in [6.07, 6.45) is 0.894. The van der Waals surface area contributed by atoms with Gasteiger partial charge in [-0.3, -0.25) is 4.79 Å². The van der Waals surface area contributed by atoms with Crippen LogP contribution < -0.4 is 0 Å². The fourth-order valence-corrected chi connectivity index (χ4v) is 3.55. The zero-order chi connectivity index (χ0) is 20.0. The minimum Gasteiger partial charge on any atom is -0.426 e. The predicted octanol–water partition coefficient (Wildman–Crippen LogP) is 3.78. The molecule has 1 aliphatic carbocycles. The molecular weight excluding hydrogens is 391 g/mol. The van der Waals surface area contributed by atoms with Crippen LogP contribution in [0.2, 0.25) is 10.0 Å². The second-order valence-electron chi connectivity index (χ2n) is 7.12. The lowest BCUT2D eigenvalue weighted by molar-refractivity contribution is -0.147. The minimum atomic E-state index is -1.13. The van der Waals surface area contributed by atoms with Gasteiger partial charge in [0.05, 0.1) is 22.2 Å². The summed E-state index contributed by atoms with van der Waals surface area (Å²) in [6, 6.07) is 6.74. The highest BCUT2D eigenvalue weighted by molar-refractivity contribution is 6.38. The third kappa shape index (κ3) is 3.20. The minimum absolute atomic E-state index is 0.00495. The smallest absolute Gasteiger partial charge is 0.331 e. The molecule has 1 aromatic carbocycles. The zero-order valence-electron chi connectivity index (χ0n) is 15.1. The topological polar surface area (TPSA) is 79.6 Å². The van der Waals surface area contributed by atoms with Gasteiger partial charge in [-0.1, -0.05) is 29.3 Å². The summed E-state index contributed by atoms with van der Waals surface area (Å²) in [7, 11) is 1.47. The van der Waals surface area contributed by atoms with E-state index in [-0.39, 0.29) is 29.0 Å². The molecule has 6 nitrogen and oxygen atoms in total. The van der Waals surface area contributed by atoms with Crippen LogP contribution in [0.25, 0.3) is 5.57 Å². The maximum absolute atomic E-state index is 13.1. The number of ether oxygens (including phenoxy) is 2. The third-order valence-electron chi connectivity index (χ3n) is 4.92. The van der Waals surface area contributed by atoms with Gasteiger partial charge in [-0.25, -0.2) is 4.79 Å². The molecule has 0 aromatic heterocycles. The van der Waals surface area contributed by atoms with E-state index in [1.807, 2.05) is 6.07 Å². The van der Waals surface area contributed by atoms with Gasteiger partial charge in [0.15, 0.2) is 5.41 Å². The first-order valence-corrected chi connectivity index (χ1v) is 9.08. The lowest BCUT2D eigenvalue weighted by Crippen LogP contribution is -2.45. The van der Waals surface area contributed by atoms with Crippen molar-refractivity contribution in [2.45, 2.75) is 32.2 Å². The molecule has 142 valence electrons. The van der Waals surface area contributed by atoms with Gasteiger partial charge in [0, 0.05) is 17.7 Å². The Morgan fingerprint density at radius 2 is 2.00 bits per heavy atom. The summed E-state index contributed by atoms with van der Waals surface area (Å²) < 4.78 is 10.8. The van der Waals surface area contributed by atoms with Crippen molar-refractivity contribution in [1.29, 1.82) is 5.26 Å². The molecule has 0 saturated heterocycles. The summed E-state index contributed by atoms with van der Waals surface area (Å²) >= 11 is 12.3. The first-order chi connectivity index (χ1) is 12.7. The fraction of sp³-hybridized carbons (Fsp3) is 0.421. The molecule has 8 heteroatoms. The molecule has 1 saturated carbocycles. The summed E-state index contributed by atoms with van der Waals surface area (Å²) in [5.74, 6) is -0.876. The first kappa shape index (κ1) is 19.7. The summed E-state index contributed by atoms with van der Waals surface area (Å²) in [5.41, 5.74) is -1.52. The molecule has 1 amide bonds. The number of methoxy groups -OCH3 is 1. The van der Waals surface area contributed by atoms with E-state index in [4.69, 9.17) is 32.7 Å². The molecule has 0 bridgehead atoms. The Morgan fingerprint density at radius 1 is 1.33 bits per heavy atom. The number of rotatable bonds is 5. The van der Waals surface area contributed by atoms with Gasteiger partial charge in [0.2, 0.25) is 0 Å². The quantitative estimate of drug-likeness (QED) is 0.692. The van der Waals surface area contributed by atoms with Crippen LogP contribution in [-0.4, -0.2) is 36.2 Å². The molecule has 3 rings (SSSR count). The van der Waals surface area contributed by atoms with Gasteiger partial charge in [-0.05, 0) is 38.8 Å². The van der Waals surface area contributed by atoms with E-state index in [0.717, 1.165) is 0 Å². The van der Waals surface area contributed by atoms with Gasteiger partial charge in [-0.15, -0.1) is 0 Å². The molecule has 0 spiro atoms. The number of esters is 1. The lowest BCUT2D eigenvalue weighted by atomic mass is 9.98. The van der Waals surface area contributed by atoms with Crippen molar-refractivity contribution in [3.63, 3.8) is 0 Å². The van der Waals surface area contributed by atoms with Crippen molar-refractivity contribution in [2.75, 3.05) is 13.8 Å². The Kier molecular flexibility index (Phi) is 4.98. The van der Waals surface area contributed by atoms with Crippen LogP contribution in [0.3, 0.4) is 0 Å². The molecule has 1 fully saturated rings. The van der Waals surface area contributed by atoms with Crippen LogP contribution in [0.1, 0.15) is 32.3 Å². The summed E-state index contributed by atoms with van der Waals surface area (Å²) in [5, 5.41) is 9.96. The highest BCUT2D eigenvalue weighted by Crippen LogP contribution is 2.49. The number of nitriles is 1. The Morgan fingerprint density at radius 3 is 2.52 bits per heavy atom. The molecule has 2 aliphatic rings. The van der Waals surface area contributed by atoms with Crippen LogP contribution in [0.4, 0.5) is 0 Å². The number of halogens is 2. The maximum atomic E-state index is 13.1. The Bertz CT molecular complexity index is 897. The number of hydrogen-bond acceptors (Lipinski definition) is 5. The number of nitrogens with zero attached hydrogens (tertiary/aromatic N) is 2. The number of carbonyl (C=O) groups excluding carboxylic acids is 2. The van der Waals surface area contributed by atoms with E-state index in [2.05, 4.69) is 0 Å². The van der Waals surface area contributed by atoms with E-state index >= 15 is 0 Å². The van der Waals surface area contributed by atoms with Crippen molar-refractivity contribution >= 4 is 40.7 Å².